The van der Waals surface area contributed by atoms with Crippen LogP contribution in [-0.2, 0) is 42.9 Å². The minimum atomic E-state index is -2.51. The monoisotopic (exact) mass is 803 g/mol. The second kappa shape index (κ2) is 21.0. The Hall–Kier alpha value is -2.78. The predicted octanol–water partition coefficient (Wildman–Crippen LogP) is 4.64. The molecule has 4 aliphatic rings. The van der Waals surface area contributed by atoms with Gasteiger partial charge < -0.3 is 43.9 Å². The summed E-state index contributed by atoms with van der Waals surface area (Å²) in [6.07, 6.45) is 4.67. The van der Waals surface area contributed by atoms with Crippen molar-refractivity contribution in [3.63, 3.8) is 0 Å². The minimum Gasteiger partial charge on any atom is -0.456 e. The van der Waals surface area contributed by atoms with Crippen molar-refractivity contribution in [2.24, 2.45) is 29.6 Å². The number of piperidine rings is 1. The third-order valence-electron chi connectivity index (χ3n) is 12.9. The summed E-state index contributed by atoms with van der Waals surface area (Å²) in [7, 11) is 4.58. The average Bonchev–Trinajstić information content (AvgIpc) is 3.18. The van der Waals surface area contributed by atoms with Gasteiger partial charge >= 0.3 is 5.97 Å². The molecule has 0 radical (unpaired) electrons. The van der Waals surface area contributed by atoms with Crippen LogP contribution in [0.15, 0.2) is 36.0 Å². The number of hydrogen-bond donors (Lipinski definition) is 3. The van der Waals surface area contributed by atoms with E-state index >= 15 is 0 Å². The van der Waals surface area contributed by atoms with Gasteiger partial charge in [-0.1, -0.05) is 44.6 Å². The maximum Gasteiger partial charge on any atom is 0.329 e. The van der Waals surface area contributed by atoms with Gasteiger partial charge in [0, 0.05) is 58.0 Å². The van der Waals surface area contributed by atoms with E-state index in [1.165, 1.54) is 26.2 Å². The van der Waals surface area contributed by atoms with E-state index in [4.69, 9.17) is 23.7 Å². The van der Waals surface area contributed by atoms with Crippen LogP contribution in [0.2, 0.25) is 0 Å². The molecule has 1 amide bonds. The number of fused-ring (bicyclic) bond motifs is 3. The second-order valence-electron chi connectivity index (χ2n) is 17.3. The topological polar surface area (TPSA) is 178 Å². The van der Waals surface area contributed by atoms with Crippen molar-refractivity contribution in [1.82, 2.24) is 4.90 Å². The third-order valence-corrected chi connectivity index (χ3v) is 12.9. The van der Waals surface area contributed by atoms with E-state index in [0.29, 0.717) is 56.9 Å². The van der Waals surface area contributed by atoms with Crippen LogP contribution in [0.1, 0.15) is 105 Å². The van der Waals surface area contributed by atoms with Crippen molar-refractivity contribution >= 4 is 23.4 Å². The molecular weight excluding hydrogens is 734 g/mol. The molecule has 3 heterocycles. The number of rotatable bonds is 6. The Labute approximate surface area is 339 Å². The van der Waals surface area contributed by atoms with Gasteiger partial charge in [0.1, 0.15) is 24.0 Å². The zero-order valence-electron chi connectivity index (χ0n) is 35.4. The van der Waals surface area contributed by atoms with Crippen LogP contribution >= 0.6 is 0 Å². The number of hydrogen-bond acceptors (Lipinski definition) is 12. The number of aliphatic hydroxyl groups is 3. The highest BCUT2D eigenvalue weighted by molar-refractivity contribution is 6.39. The standard InChI is InChI=1S/C44H69NO12/c1-10-13-30-19-25(2)18-26(3)20-37(54-8)40-38(55-9)22-29(6)44(52,57-40)41(49)42(50)45-17-12-11-14-32(45)43(51)56-39(31-15-16-33(46)36(23-31)53-7)28(5)21-27(4)34(47)24-35(30)48/h10,19,21,26-27,29-34,36-40,46-47,52H,1,11-18,20,22-24H2,2-9H3. The van der Waals surface area contributed by atoms with Crippen molar-refractivity contribution in [2.75, 3.05) is 27.9 Å². The van der Waals surface area contributed by atoms with Gasteiger partial charge in [0.2, 0.25) is 5.79 Å². The Morgan fingerprint density at radius 1 is 0.877 bits per heavy atom. The van der Waals surface area contributed by atoms with Gasteiger partial charge in [0.05, 0.1) is 30.5 Å². The predicted molar refractivity (Wildman–Crippen MR) is 213 cm³/mol. The SMILES string of the molecule is C=CCC1C=C(C)CC(C)CC(OC)C2OC(O)(C(=O)C(=O)N3CCCCC3C(=O)OC(C3CCC(O)C(OC)C3)C(C)=CC(C)C(O)CC1=O)C(C)CC2OC. The van der Waals surface area contributed by atoms with Crippen molar-refractivity contribution in [3.05, 3.63) is 36.0 Å². The van der Waals surface area contributed by atoms with Crippen LogP contribution < -0.4 is 0 Å². The summed E-state index contributed by atoms with van der Waals surface area (Å²) < 4.78 is 29.9. The first-order chi connectivity index (χ1) is 27.0. The fourth-order valence-electron chi connectivity index (χ4n) is 9.45. The number of aliphatic hydroxyl groups excluding tert-OH is 2. The molecule has 3 aliphatic heterocycles. The number of carbonyl (C=O) groups excluding carboxylic acids is 4. The number of methoxy groups -OCH3 is 3. The van der Waals surface area contributed by atoms with E-state index in [9.17, 15) is 34.5 Å². The lowest BCUT2D eigenvalue weighted by molar-refractivity contribution is -0.302. The molecule has 1 aliphatic carbocycles. The molecule has 0 spiro atoms. The number of carbonyl (C=O) groups is 4. The molecule has 14 atom stereocenters. The van der Waals surface area contributed by atoms with Crippen LogP contribution in [-0.4, -0.2) is 126 Å². The number of allylic oxidation sites excluding steroid dienone is 3. The Kier molecular flexibility index (Phi) is 17.2. The Bertz CT molecular complexity index is 1480. The molecule has 0 aromatic carbocycles. The summed E-state index contributed by atoms with van der Waals surface area (Å²) in [6, 6.07) is -1.10. The minimum absolute atomic E-state index is 0.0107. The lowest BCUT2D eigenvalue weighted by Gasteiger charge is -2.47. The summed E-state index contributed by atoms with van der Waals surface area (Å²) in [4.78, 5) is 57.7. The third kappa shape index (κ3) is 11.3. The maximum absolute atomic E-state index is 14.3. The average molecular weight is 804 g/mol. The van der Waals surface area contributed by atoms with Gasteiger partial charge in [-0.05, 0) is 89.5 Å². The van der Waals surface area contributed by atoms with Gasteiger partial charge in [0.15, 0.2) is 0 Å². The van der Waals surface area contributed by atoms with Gasteiger partial charge in [-0.25, -0.2) is 4.79 Å². The van der Waals surface area contributed by atoms with Crippen LogP contribution in [0.5, 0.6) is 0 Å². The molecule has 0 aromatic heterocycles. The molecule has 14 unspecified atom stereocenters. The Morgan fingerprint density at radius 3 is 2.19 bits per heavy atom. The summed E-state index contributed by atoms with van der Waals surface area (Å²) in [5.41, 5.74) is 1.62. The summed E-state index contributed by atoms with van der Waals surface area (Å²) in [5, 5.41) is 34.0. The Morgan fingerprint density at radius 2 is 1.54 bits per heavy atom. The van der Waals surface area contributed by atoms with Crippen LogP contribution in [0.4, 0.5) is 0 Å². The zero-order chi connectivity index (χ0) is 42.2. The highest BCUT2D eigenvalue weighted by Crippen LogP contribution is 2.39. The first-order valence-electron chi connectivity index (χ1n) is 20.9. The van der Waals surface area contributed by atoms with Crippen molar-refractivity contribution in [3.8, 4) is 0 Å². The normalized spacial score (nSPS) is 40.1. The molecular formula is C44H69NO12. The number of ketones is 2. The summed E-state index contributed by atoms with van der Waals surface area (Å²) in [6.45, 7) is 13.2. The molecule has 3 N–H and O–H groups in total. The number of esters is 1. The molecule has 1 saturated carbocycles. The molecule has 57 heavy (non-hydrogen) atoms. The number of nitrogens with zero attached hydrogens (tertiary/aromatic N) is 1. The molecule has 0 aromatic rings. The van der Waals surface area contributed by atoms with Gasteiger partial charge in [0.25, 0.3) is 11.7 Å². The molecule has 13 nitrogen and oxygen atoms in total. The van der Waals surface area contributed by atoms with Crippen molar-refractivity contribution in [1.29, 1.82) is 0 Å². The number of amides is 1. The highest BCUT2D eigenvalue weighted by Gasteiger charge is 2.56. The highest BCUT2D eigenvalue weighted by atomic mass is 16.7. The van der Waals surface area contributed by atoms with Crippen LogP contribution in [0.3, 0.4) is 0 Å². The first-order valence-corrected chi connectivity index (χ1v) is 20.9. The molecule has 2 bridgehead atoms. The largest absolute Gasteiger partial charge is 0.456 e. The van der Waals surface area contributed by atoms with Crippen molar-refractivity contribution < 1.29 is 58.2 Å². The quantitative estimate of drug-likeness (QED) is 0.193. The van der Waals surface area contributed by atoms with Gasteiger partial charge in [-0.15, -0.1) is 6.58 Å². The second-order valence-corrected chi connectivity index (χ2v) is 17.3. The lowest BCUT2D eigenvalue weighted by Crippen LogP contribution is -2.64. The number of Topliss-reactive ketones (excluding diaryl/α,β-unsaturated/α-hetero) is 2. The Balaban J connectivity index is 1.78. The molecule has 13 heteroatoms. The zero-order valence-corrected chi connectivity index (χ0v) is 35.4. The van der Waals surface area contributed by atoms with E-state index in [2.05, 4.69) is 6.58 Å². The van der Waals surface area contributed by atoms with Crippen LogP contribution in [0, 0.1) is 29.6 Å². The van der Waals surface area contributed by atoms with Gasteiger partial charge in [-0.3, -0.25) is 14.4 Å². The molecule has 4 rings (SSSR count). The molecule has 322 valence electrons. The maximum atomic E-state index is 14.3. The van der Waals surface area contributed by atoms with Gasteiger partial charge in [-0.2, -0.15) is 0 Å². The van der Waals surface area contributed by atoms with E-state index in [1.54, 1.807) is 13.0 Å². The molecule has 3 fully saturated rings. The van der Waals surface area contributed by atoms with Crippen LogP contribution in [0.25, 0.3) is 0 Å². The smallest absolute Gasteiger partial charge is 0.329 e. The summed E-state index contributed by atoms with van der Waals surface area (Å²) >= 11 is 0. The number of cyclic esters (lactones) is 1. The van der Waals surface area contributed by atoms with Crippen molar-refractivity contribution in [2.45, 2.75) is 160 Å². The number of ether oxygens (including phenoxy) is 5. The van der Waals surface area contributed by atoms with E-state index in [1.807, 2.05) is 39.8 Å². The fraction of sp³-hybridized carbons (Fsp3) is 0.773. The first kappa shape index (κ1) is 46.9. The van der Waals surface area contributed by atoms with E-state index in [0.717, 1.165) is 5.57 Å². The summed E-state index contributed by atoms with van der Waals surface area (Å²) in [5.74, 6) is -7.58. The molecule has 2 saturated heterocycles. The van der Waals surface area contributed by atoms with E-state index < -0.39 is 90.0 Å². The lowest BCUT2D eigenvalue weighted by atomic mass is 9.79. The fourth-order valence-corrected chi connectivity index (χ4v) is 9.45. The van der Waals surface area contributed by atoms with E-state index in [-0.39, 0.29) is 43.4 Å².